The van der Waals surface area contributed by atoms with Crippen LogP contribution in [0.15, 0.2) is 0 Å². The molecule has 0 spiro atoms. The normalized spacial score (nSPS) is 17.5. The van der Waals surface area contributed by atoms with Gasteiger partial charge in [0.15, 0.2) is 0 Å². The van der Waals surface area contributed by atoms with E-state index in [1.54, 1.807) is 0 Å². The summed E-state index contributed by atoms with van der Waals surface area (Å²) < 4.78 is 46.4. The molecule has 3 nitrogen and oxygen atoms in total. The number of hydrogen-bond acceptors (Lipinski definition) is 3. The summed E-state index contributed by atoms with van der Waals surface area (Å²) in [5.74, 6) is 0. The zero-order valence-corrected chi connectivity index (χ0v) is 5.72. The third-order valence-electron chi connectivity index (χ3n) is 1.30. The summed E-state index contributed by atoms with van der Waals surface area (Å²) in [6.45, 7) is -0.133. The fourth-order valence-electron chi connectivity index (χ4n) is 0.507. The maximum atomic E-state index is 11.6. The van der Waals surface area contributed by atoms with Crippen LogP contribution in [-0.2, 0) is 0 Å². The van der Waals surface area contributed by atoms with E-state index in [0.717, 1.165) is 6.92 Å². The quantitative estimate of drug-likeness (QED) is 0.508. The summed E-state index contributed by atoms with van der Waals surface area (Å²) in [6.07, 6.45) is 0. The lowest BCUT2D eigenvalue weighted by atomic mass is 10.2. The minimum absolute atomic E-state index is 0.882. The fourth-order valence-corrected chi connectivity index (χ4v) is 0.507. The van der Waals surface area contributed by atoms with E-state index in [1.807, 2.05) is 0 Å². The van der Waals surface area contributed by atoms with Crippen molar-refractivity contribution in [3.8, 4) is 0 Å². The van der Waals surface area contributed by atoms with Crippen molar-refractivity contribution in [3.05, 3.63) is 0 Å². The number of rotatable bonds is 4. The van der Waals surface area contributed by atoms with Gasteiger partial charge in [0.25, 0.3) is 0 Å². The van der Waals surface area contributed by atoms with Crippen LogP contribution in [0.3, 0.4) is 0 Å². The Morgan fingerprint density at radius 2 is 1.64 bits per heavy atom. The third-order valence-corrected chi connectivity index (χ3v) is 1.30. The molecule has 0 rings (SSSR count). The average Bonchev–Trinajstić information content (AvgIpc) is 1.88. The highest BCUT2D eigenvalue weighted by molar-refractivity contribution is 4.70. The second-order valence-corrected chi connectivity index (χ2v) is 2.01. The monoisotopic (exact) mass is 176 g/mol. The molecule has 0 saturated heterocycles. The van der Waals surface area contributed by atoms with Crippen molar-refractivity contribution < 1.29 is 23.0 Å². The molecule has 1 N–H and O–H groups in total. The van der Waals surface area contributed by atoms with Crippen LogP contribution in [0, 0.1) is 0 Å². The van der Waals surface area contributed by atoms with Crippen molar-refractivity contribution in [1.82, 2.24) is 10.7 Å². The van der Waals surface area contributed by atoms with Gasteiger partial charge in [0.1, 0.15) is 6.04 Å². The van der Waals surface area contributed by atoms with E-state index < -0.39 is 29.4 Å². The molecule has 2 unspecified atom stereocenters. The Kier molecular flexibility index (Phi) is 4.31. The standard InChI is InChI=1S/C4H8F4N2O/c1-3(9(5)6)4(2-11)10(7)8/h3-4,11H,2H2,1H3. The van der Waals surface area contributed by atoms with Crippen molar-refractivity contribution in [2.24, 2.45) is 0 Å². The van der Waals surface area contributed by atoms with E-state index in [-0.39, 0.29) is 0 Å². The molecular formula is C4H8F4N2O. The van der Waals surface area contributed by atoms with Crippen LogP contribution in [0.5, 0.6) is 0 Å². The van der Waals surface area contributed by atoms with Gasteiger partial charge in [-0.1, -0.05) is 0 Å². The van der Waals surface area contributed by atoms with Gasteiger partial charge in [-0.05, 0) is 6.92 Å². The van der Waals surface area contributed by atoms with Crippen molar-refractivity contribution in [3.63, 3.8) is 0 Å². The van der Waals surface area contributed by atoms with E-state index >= 15 is 0 Å². The lowest BCUT2D eigenvalue weighted by molar-refractivity contribution is -0.259. The summed E-state index contributed by atoms with van der Waals surface area (Å²) in [4.78, 5) is 0. The molecular weight excluding hydrogens is 168 g/mol. The third kappa shape index (κ3) is 3.00. The molecule has 2 atom stereocenters. The predicted molar refractivity (Wildman–Crippen MR) is 28.4 cm³/mol. The largest absolute Gasteiger partial charge is 0.394 e. The lowest BCUT2D eigenvalue weighted by Crippen LogP contribution is -2.41. The van der Waals surface area contributed by atoms with E-state index in [9.17, 15) is 17.9 Å². The number of aliphatic hydroxyl groups is 1. The van der Waals surface area contributed by atoms with E-state index in [1.165, 1.54) is 0 Å². The van der Waals surface area contributed by atoms with Gasteiger partial charge in [-0.2, -0.15) is 0 Å². The first-order valence-electron chi connectivity index (χ1n) is 2.83. The minimum Gasteiger partial charge on any atom is -0.394 e. The van der Waals surface area contributed by atoms with Gasteiger partial charge in [-0.15, -0.1) is 17.9 Å². The second kappa shape index (κ2) is 4.47. The summed E-state index contributed by atoms with van der Waals surface area (Å²) in [7, 11) is 0. The summed E-state index contributed by atoms with van der Waals surface area (Å²) >= 11 is 0. The van der Waals surface area contributed by atoms with Crippen LogP contribution in [0.2, 0.25) is 0 Å². The molecule has 0 aromatic rings. The molecule has 68 valence electrons. The first-order chi connectivity index (χ1) is 5.00. The Balaban J connectivity index is 4.02. The first kappa shape index (κ1) is 10.6. The Morgan fingerprint density at radius 1 is 1.18 bits per heavy atom. The Hall–Kier alpha value is -0.400. The molecule has 7 heteroatoms. The van der Waals surface area contributed by atoms with Gasteiger partial charge >= 0.3 is 0 Å². The molecule has 0 heterocycles. The maximum absolute atomic E-state index is 11.6. The van der Waals surface area contributed by atoms with Gasteiger partial charge in [0.2, 0.25) is 0 Å². The number of aliphatic hydroxyl groups excluding tert-OH is 1. The highest BCUT2D eigenvalue weighted by Crippen LogP contribution is 2.12. The smallest absolute Gasteiger partial charge is 0.117 e. The van der Waals surface area contributed by atoms with Crippen LogP contribution >= 0.6 is 0 Å². The predicted octanol–water partition coefficient (Wildman–Crippen LogP) is 0.878. The maximum Gasteiger partial charge on any atom is 0.117 e. The molecule has 0 radical (unpaired) electrons. The van der Waals surface area contributed by atoms with Crippen LogP contribution < -0.4 is 0 Å². The van der Waals surface area contributed by atoms with Crippen LogP contribution in [-0.4, -0.2) is 34.5 Å². The van der Waals surface area contributed by atoms with Crippen LogP contribution in [0.1, 0.15) is 6.92 Å². The molecule has 0 aliphatic rings. The molecule has 0 bridgehead atoms. The van der Waals surface area contributed by atoms with Gasteiger partial charge < -0.3 is 5.11 Å². The van der Waals surface area contributed by atoms with E-state index in [4.69, 9.17) is 5.11 Å². The molecule has 0 aliphatic heterocycles. The number of hydrogen-bond donors (Lipinski definition) is 1. The molecule has 0 fully saturated rings. The Labute approximate surface area is 60.6 Å². The fraction of sp³-hybridized carbons (Fsp3) is 1.00. The molecule has 0 aromatic carbocycles. The van der Waals surface area contributed by atoms with Crippen molar-refractivity contribution in [1.29, 1.82) is 0 Å². The van der Waals surface area contributed by atoms with Crippen molar-refractivity contribution in [2.75, 3.05) is 6.61 Å². The summed E-state index contributed by atoms with van der Waals surface area (Å²) in [6, 6.07) is -3.56. The molecule has 0 amide bonds. The van der Waals surface area contributed by atoms with Gasteiger partial charge in [0, 0.05) is 10.7 Å². The first-order valence-corrected chi connectivity index (χ1v) is 2.83. The lowest BCUT2D eigenvalue weighted by Gasteiger charge is -2.20. The van der Waals surface area contributed by atoms with Gasteiger partial charge in [-0.3, -0.25) is 0 Å². The minimum atomic E-state index is -1.86. The van der Waals surface area contributed by atoms with Crippen molar-refractivity contribution in [2.45, 2.75) is 19.0 Å². The topological polar surface area (TPSA) is 26.7 Å². The summed E-state index contributed by atoms with van der Waals surface area (Å²) in [5.41, 5.74) is 0. The molecule has 0 aliphatic carbocycles. The van der Waals surface area contributed by atoms with Gasteiger partial charge in [0.05, 0.1) is 12.6 Å². The zero-order chi connectivity index (χ0) is 9.02. The number of halogens is 4. The average molecular weight is 176 g/mol. The van der Waals surface area contributed by atoms with Crippen LogP contribution in [0.4, 0.5) is 17.9 Å². The Bertz CT molecular complexity index is 112. The summed E-state index contributed by atoms with van der Waals surface area (Å²) in [5, 5.41) is 5.43. The highest BCUT2D eigenvalue weighted by atomic mass is 19.4. The second-order valence-electron chi connectivity index (χ2n) is 2.01. The zero-order valence-electron chi connectivity index (χ0n) is 5.72. The number of nitrogens with zero attached hydrogens (tertiary/aromatic N) is 2. The SMILES string of the molecule is CC(C(CO)N(F)F)N(F)F. The van der Waals surface area contributed by atoms with Crippen molar-refractivity contribution >= 4 is 0 Å². The molecule has 11 heavy (non-hydrogen) atoms. The van der Waals surface area contributed by atoms with E-state index in [2.05, 4.69) is 0 Å². The van der Waals surface area contributed by atoms with E-state index in [0.29, 0.717) is 0 Å². The van der Waals surface area contributed by atoms with Gasteiger partial charge in [-0.25, -0.2) is 0 Å². The van der Waals surface area contributed by atoms with Crippen LogP contribution in [0.25, 0.3) is 0 Å². The molecule has 0 saturated carbocycles. The molecule has 0 aromatic heterocycles. The Morgan fingerprint density at radius 3 is 1.73 bits per heavy atom. The highest BCUT2D eigenvalue weighted by Gasteiger charge is 2.30.